The van der Waals surface area contributed by atoms with E-state index in [2.05, 4.69) is 4.90 Å². The summed E-state index contributed by atoms with van der Waals surface area (Å²) in [4.78, 5) is 12.8. The Morgan fingerprint density at radius 1 is 1.14 bits per heavy atom. The van der Waals surface area contributed by atoms with Gasteiger partial charge in [0.1, 0.15) is 0 Å². The van der Waals surface area contributed by atoms with Gasteiger partial charge in [0.05, 0.1) is 6.42 Å². The van der Waals surface area contributed by atoms with E-state index in [0.717, 1.165) is 31.5 Å². The molecule has 0 aromatic heterocycles. The van der Waals surface area contributed by atoms with Crippen LogP contribution in [0.4, 0.5) is 0 Å². The summed E-state index contributed by atoms with van der Waals surface area (Å²) >= 11 is 0. The summed E-state index contributed by atoms with van der Waals surface area (Å²) in [6.45, 7) is 3.04. The van der Waals surface area contributed by atoms with Gasteiger partial charge in [-0.15, -0.1) is 0 Å². The summed E-state index contributed by atoms with van der Waals surface area (Å²) in [5.41, 5.74) is 0. The highest BCUT2D eigenvalue weighted by Gasteiger charge is 2.29. The van der Waals surface area contributed by atoms with E-state index in [1.165, 1.54) is 25.7 Å². The van der Waals surface area contributed by atoms with Gasteiger partial charge in [0.25, 0.3) is 0 Å². The fourth-order valence-corrected chi connectivity index (χ4v) is 1.84. The molecule has 0 spiro atoms. The lowest BCUT2D eigenvalue weighted by molar-refractivity contribution is -0.137. The Labute approximate surface area is 85.1 Å². The topological polar surface area (TPSA) is 40.5 Å². The van der Waals surface area contributed by atoms with Crippen LogP contribution in [-0.2, 0) is 4.79 Å². The molecule has 0 aromatic carbocycles. The van der Waals surface area contributed by atoms with Crippen molar-refractivity contribution in [2.45, 2.75) is 32.1 Å². The average molecular weight is 197 g/mol. The zero-order valence-corrected chi connectivity index (χ0v) is 8.61. The average Bonchev–Trinajstić information content (AvgIpc) is 2.93. The first-order chi connectivity index (χ1) is 6.74. The van der Waals surface area contributed by atoms with Crippen LogP contribution >= 0.6 is 0 Å². The standard InChI is InChI=1S/C11H19NO2/c13-11(14)5-6-12(7-9-1-2-9)8-10-3-4-10/h9-10H,1-8H2,(H,13,14). The highest BCUT2D eigenvalue weighted by Crippen LogP contribution is 2.33. The number of hydrogen-bond donors (Lipinski definition) is 1. The SMILES string of the molecule is O=C(O)CCN(CC1CC1)CC1CC1. The zero-order chi connectivity index (χ0) is 9.97. The minimum Gasteiger partial charge on any atom is -0.481 e. The molecule has 1 N–H and O–H groups in total. The Hall–Kier alpha value is -0.570. The first-order valence-electron chi connectivity index (χ1n) is 5.68. The molecular weight excluding hydrogens is 178 g/mol. The Bertz CT molecular complexity index is 195. The van der Waals surface area contributed by atoms with Crippen molar-refractivity contribution in [3.63, 3.8) is 0 Å². The fraction of sp³-hybridized carbons (Fsp3) is 0.909. The molecular formula is C11H19NO2. The van der Waals surface area contributed by atoms with Gasteiger partial charge in [-0.1, -0.05) is 0 Å². The van der Waals surface area contributed by atoms with Gasteiger partial charge in [0, 0.05) is 19.6 Å². The second-order valence-corrected chi connectivity index (χ2v) is 4.79. The normalized spacial score (nSPS) is 21.5. The zero-order valence-electron chi connectivity index (χ0n) is 8.61. The maximum absolute atomic E-state index is 10.5. The molecule has 0 heterocycles. The van der Waals surface area contributed by atoms with E-state index in [1.54, 1.807) is 0 Å². The van der Waals surface area contributed by atoms with Crippen molar-refractivity contribution >= 4 is 5.97 Å². The van der Waals surface area contributed by atoms with Gasteiger partial charge in [-0.05, 0) is 37.5 Å². The van der Waals surface area contributed by atoms with Crippen LogP contribution in [0.5, 0.6) is 0 Å². The molecule has 3 nitrogen and oxygen atoms in total. The van der Waals surface area contributed by atoms with Gasteiger partial charge in [0.15, 0.2) is 0 Å². The Morgan fingerprint density at radius 2 is 1.64 bits per heavy atom. The lowest BCUT2D eigenvalue weighted by atomic mass is 10.3. The molecule has 0 aromatic rings. The summed E-state index contributed by atoms with van der Waals surface area (Å²) < 4.78 is 0. The van der Waals surface area contributed by atoms with Gasteiger partial charge >= 0.3 is 5.97 Å². The van der Waals surface area contributed by atoms with E-state index >= 15 is 0 Å². The lowest BCUT2D eigenvalue weighted by Gasteiger charge is -2.20. The highest BCUT2D eigenvalue weighted by atomic mass is 16.4. The molecule has 0 radical (unpaired) electrons. The van der Waals surface area contributed by atoms with Crippen LogP contribution < -0.4 is 0 Å². The lowest BCUT2D eigenvalue weighted by Crippen LogP contribution is -2.30. The number of carbonyl (C=O) groups is 1. The van der Waals surface area contributed by atoms with Crippen LogP contribution in [0.25, 0.3) is 0 Å². The maximum Gasteiger partial charge on any atom is 0.304 e. The number of rotatable bonds is 7. The molecule has 3 heteroatoms. The molecule has 0 unspecified atom stereocenters. The molecule has 2 aliphatic rings. The van der Waals surface area contributed by atoms with Crippen molar-refractivity contribution in [1.29, 1.82) is 0 Å². The molecule has 0 atom stereocenters. The predicted molar refractivity (Wildman–Crippen MR) is 54.1 cm³/mol. The Balaban J connectivity index is 1.68. The van der Waals surface area contributed by atoms with E-state index in [4.69, 9.17) is 5.11 Å². The Morgan fingerprint density at radius 3 is 2.00 bits per heavy atom. The number of aliphatic carboxylic acids is 1. The number of carboxylic acid groups (broad SMARTS) is 1. The summed E-state index contributed by atoms with van der Waals surface area (Å²) in [6, 6.07) is 0. The van der Waals surface area contributed by atoms with Crippen LogP contribution in [0.15, 0.2) is 0 Å². The van der Waals surface area contributed by atoms with Crippen LogP contribution in [-0.4, -0.2) is 35.6 Å². The smallest absolute Gasteiger partial charge is 0.304 e. The number of carboxylic acids is 1. The van der Waals surface area contributed by atoms with Gasteiger partial charge in [-0.25, -0.2) is 0 Å². The molecule has 2 fully saturated rings. The van der Waals surface area contributed by atoms with Crippen LogP contribution in [0.2, 0.25) is 0 Å². The van der Waals surface area contributed by atoms with Crippen LogP contribution in [0.3, 0.4) is 0 Å². The van der Waals surface area contributed by atoms with Gasteiger partial charge < -0.3 is 10.0 Å². The largest absolute Gasteiger partial charge is 0.481 e. The fourth-order valence-electron chi connectivity index (χ4n) is 1.84. The van der Waals surface area contributed by atoms with E-state index in [0.29, 0.717) is 6.42 Å². The van der Waals surface area contributed by atoms with Crippen molar-refractivity contribution in [3.8, 4) is 0 Å². The third-order valence-corrected chi connectivity index (χ3v) is 3.07. The second-order valence-electron chi connectivity index (χ2n) is 4.79. The van der Waals surface area contributed by atoms with Crippen molar-refractivity contribution < 1.29 is 9.90 Å². The maximum atomic E-state index is 10.5. The third kappa shape index (κ3) is 3.66. The molecule has 0 saturated heterocycles. The molecule has 80 valence electrons. The van der Waals surface area contributed by atoms with Gasteiger partial charge in [-0.3, -0.25) is 4.79 Å². The van der Waals surface area contributed by atoms with Crippen LogP contribution in [0.1, 0.15) is 32.1 Å². The minimum absolute atomic E-state index is 0.305. The molecule has 0 amide bonds. The summed E-state index contributed by atoms with van der Waals surface area (Å²) in [6.07, 6.45) is 5.73. The second kappa shape index (κ2) is 4.30. The van der Waals surface area contributed by atoms with E-state index in [-0.39, 0.29) is 0 Å². The van der Waals surface area contributed by atoms with Gasteiger partial charge in [0.2, 0.25) is 0 Å². The van der Waals surface area contributed by atoms with Gasteiger partial charge in [-0.2, -0.15) is 0 Å². The van der Waals surface area contributed by atoms with Crippen molar-refractivity contribution in [3.05, 3.63) is 0 Å². The van der Waals surface area contributed by atoms with Crippen LogP contribution in [0, 0.1) is 11.8 Å². The summed E-state index contributed by atoms with van der Waals surface area (Å²) in [5.74, 6) is 1.09. The first-order valence-corrected chi connectivity index (χ1v) is 5.68. The third-order valence-electron chi connectivity index (χ3n) is 3.07. The quantitative estimate of drug-likeness (QED) is 0.673. The summed E-state index contributed by atoms with van der Waals surface area (Å²) in [7, 11) is 0. The molecule has 2 saturated carbocycles. The molecule has 14 heavy (non-hydrogen) atoms. The minimum atomic E-state index is -0.665. The number of hydrogen-bond acceptors (Lipinski definition) is 2. The van der Waals surface area contributed by atoms with E-state index < -0.39 is 5.97 Å². The molecule has 2 rings (SSSR count). The predicted octanol–water partition coefficient (Wildman–Crippen LogP) is 1.58. The molecule has 0 aliphatic heterocycles. The molecule has 2 aliphatic carbocycles. The monoisotopic (exact) mass is 197 g/mol. The highest BCUT2D eigenvalue weighted by molar-refractivity contribution is 5.66. The van der Waals surface area contributed by atoms with Crippen molar-refractivity contribution in [1.82, 2.24) is 4.90 Å². The number of nitrogens with zero attached hydrogens (tertiary/aromatic N) is 1. The summed E-state index contributed by atoms with van der Waals surface area (Å²) in [5, 5.41) is 8.64. The first kappa shape index (κ1) is 9.97. The molecule has 0 bridgehead atoms. The Kier molecular flexibility index (Phi) is 3.06. The van der Waals surface area contributed by atoms with E-state index in [1.807, 2.05) is 0 Å². The van der Waals surface area contributed by atoms with E-state index in [9.17, 15) is 4.79 Å². The van der Waals surface area contributed by atoms with Crippen molar-refractivity contribution in [2.24, 2.45) is 11.8 Å². The van der Waals surface area contributed by atoms with Crippen molar-refractivity contribution in [2.75, 3.05) is 19.6 Å².